The molecular formula is C19H31N3O3. The number of nitrogens with zero attached hydrogens (tertiary/aromatic N) is 1. The maximum atomic E-state index is 12.8. The smallest absolute Gasteiger partial charge is 0.325 e. The molecule has 4 amide bonds. The van der Waals surface area contributed by atoms with E-state index in [1.54, 1.807) is 0 Å². The molecule has 25 heavy (non-hydrogen) atoms. The van der Waals surface area contributed by atoms with Crippen molar-refractivity contribution in [1.29, 1.82) is 0 Å². The Labute approximate surface area is 150 Å². The van der Waals surface area contributed by atoms with Crippen LogP contribution in [0.5, 0.6) is 0 Å². The van der Waals surface area contributed by atoms with Crippen LogP contribution in [-0.4, -0.2) is 40.9 Å². The van der Waals surface area contributed by atoms with E-state index >= 15 is 0 Å². The van der Waals surface area contributed by atoms with E-state index in [1.807, 2.05) is 0 Å². The molecule has 6 heteroatoms. The maximum absolute atomic E-state index is 12.8. The van der Waals surface area contributed by atoms with E-state index in [2.05, 4.69) is 31.4 Å². The van der Waals surface area contributed by atoms with Gasteiger partial charge in [-0.3, -0.25) is 14.5 Å². The number of amides is 4. The molecule has 0 aromatic rings. The average Bonchev–Trinajstić information content (AvgIpc) is 2.79. The lowest BCUT2D eigenvalue weighted by Gasteiger charge is -2.35. The lowest BCUT2D eigenvalue weighted by molar-refractivity contribution is -0.136. The van der Waals surface area contributed by atoms with Gasteiger partial charge in [0.2, 0.25) is 5.91 Å². The van der Waals surface area contributed by atoms with Crippen molar-refractivity contribution in [2.45, 2.75) is 77.3 Å². The fourth-order valence-corrected chi connectivity index (χ4v) is 4.60. The molecule has 140 valence electrons. The predicted molar refractivity (Wildman–Crippen MR) is 94.7 cm³/mol. The highest BCUT2D eigenvalue weighted by Gasteiger charge is 2.52. The minimum atomic E-state index is -0.767. The van der Waals surface area contributed by atoms with Crippen LogP contribution in [0.2, 0.25) is 0 Å². The van der Waals surface area contributed by atoms with Crippen molar-refractivity contribution < 1.29 is 14.4 Å². The number of imide groups is 1. The normalized spacial score (nSPS) is 38.8. The predicted octanol–water partition coefficient (Wildman–Crippen LogP) is 2.43. The molecule has 1 aliphatic heterocycles. The molecule has 0 radical (unpaired) electrons. The molecule has 0 aromatic heterocycles. The summed E-state index contributed by atoms with van der Waals surface area (Å²) in [6.45, 7) is 6.39. The Morgan fingerprint density at radius 2 is 1.84 bits per heavy atom. The van der Waals surface area contributed by atoms with Crippen molar-refractivity contribution in [2.24, 2.45) is 17.8 Å². The average molecular weight is 349 g/mol. The van der Waals surface area contributed by atoms with Gasteiger partial charge < -0.3 is 10.6 Å². The Morgan fingerprint density at radius 3 is 2.52 bits per heavy atom. The molecular weight excluding hydrogens is 318 g/mol. The van der Waals surface area contributed by atoms with E-state index in [0.29, 0.717) is 30.6 Å². The second-order valence-corrected chi connectivity index (χ2v) is 8.53. The number of carbonyl (C=O) groups is 3. The van der Waals surface area contributed by atoms with Crippen molar-refractivity contribution in [2.75, 3.05) is 6.54 Å². The SMILES string of the molecule is CC1CCC2(CC1)NC(=O)N(CC(=O)N[C@@H]1CCC[C@@H](C)[C@@H]1C)C2=O. The summed E-state index contributed by atoms with van der Waals surface area (Å²) in [6, 6.07) is -0.277. The molecule has 3 fully saturated rings. The van der Waals surface area contributed by atoms with Crippen molar-refractivity contribution in [3.8, 4) is 0 Å². The summed E-state index contributed by atoms with van der Waals surface area (Å²) in [7, 11) is 0. The molecule has 0 unspecified atom stereocenters. The molecule has 2 N–H and O–H groups in total. The van der Waals surface area contributed by atoms with Gasteiger partial charge in [-0.1, -0.05) is 33.6 Å². The van der Waals surface area contributed by atoms with Gasteiger partial charge in [0.15, 0.2) is 0 Å². The summed E-state index contributed by atoms with van der Waals surface area (Å²) in [4.78, 5) is 38.7. The first-order valence-corrected chi connectivity index (χ1v) is 9.76. The zero-order valence-corrected chi connectivity index (χ0v) is 15.6. The Hall–Kier alpha value is -1.59. The number of carbonyl (C=O) groups excluding carboxylic acids is 3. The molecule has 2 saturated carbocycles. The number of urea groups is 1. The summed E-state index contributed by atoms with van der Waals surface area (Å²) < 4.78 is 0. The van der Waals surface area contributed by atoms with Crippen LogP contribution in [0.3, 0.4) is 0 Å². The van der Waals surface area contributed by atoms with Crippen molar-refractivity contribution in [3.05, 3.63) is 0 Å². The Balaban J connectivity index is 1.59. The van der Waals surface area contributed by atoms with E-state index in [4.69, 9.17) is 0 Å². The molecule has 3 aliphatic rings. The van der Waals surface area contributed by atoms with Gasteiger partial charge in [0.25, 0.3) is 5.91 Å². The van der Waals surface area contributed by atoms with Crippen LogP contribution in [-0.2, 0) is 9.59 Å². The monoisotopic (exact) mass is 349 g/mol. The molecule has 2 aliphatic carbocycles. The van der Waals surface area contributed by atoms with Crippen molar-refractivity contribution in [1.82, 2.24) is 15.5 Å². The summed E-state index contributed by atoms with van der Waals surface area (Å²) in [6.07, 6.45) is 6.50. The molecule has 1 heterocycles. The minimum Gasteiger partial charge on any atom is -0.352 e. The third-order valence-corrected chi connectivity index (χ3v) is 6.73. The van der Waals surface area contributed by atoms with Crippen molar-refractivity contribution in [3.63, 3.8) is 0 Å². The van der Waals surface area contributed by atoms with Crippen LogP contribution < -0.4 is 10.6 Å². The molecule has 3 rings (SSSR count). The molecule has 0 bridgehead atoms. The van der Waals surface area contributed by atoms with Crippen molar-refractivity contribution >= 4 is 17.8 Å². The summed E-state index contributed by atoms with van der Waals surface area (Å²) in [5.74, 6) is 1.15. The topological polar surface area (TPSA) is 78.5 Å². The first-order chi connectivity index (χ1) is 11.8. The minimum absolute atomic E-state index is 0.140. The zero-order valence-electron chi connectivity index (χ0n) is 15.6. The second-order valence-electron chi connectivity index (χ2n) is 8.53. The van der Waals surface area contributed by atoms with Gasteiger partial charge in [0.05, 0.1) is 0 Å². The van der Waals surface area contributed by atoms with Crippen LogP contribution in [0.15, 0.2) is 0 Å². The molecule has 0 aromatic carbocycles. The first kappa shape index (κ1) is 18.2. The van der Waals surface area contributed by atoms with Gasteiger partial charge in [0, 0.05) is 6.04 Å². The van der Waals surface area contributed by atoms with E-state index in [1.165, 1.54) is 6.42 Å². The molecule has 1 spiro atoms. The quantitative estimate of drug-likeness (QED) is 0.768. The Bertz CT molecular complexity index is 554. The fourth-order valence-electron chi connectivity index (χ4n) is 4.60. The van der Waals surface area contributed by atoms with Gasteiger partial charge in [-0.25, -0.2) is 4.79 Å². The number of hydrogen-bond donors (Lipinski definition) is 2. The highest BCUT2D eigenvalue weighted by molar-refractivity contribution is 6.09. The van der Waals surface area contributed by atoms with Gasteiger partial charge in [-0.15, -0.1) is 0 Å². The third-order valence-electron chi connectivity index (χ3n) is 6.73. The van der Waals surface area contributed by atoms with E-state index in [-0.39, 0.29) is 24.4 Å². The van der Waals surface area contributed by atoms with Gasteiger partial charge in [0.1, 0.15) is 12.1 Å². The van der Waals surface area contributed by atoms with Crippen LogP contribution in [0.1, 0.15) is 65.7 Å². The highest BCUT2D eigenvalue weighted by Crippen LogP contribution is 2.36. The van der Waals surface area contributed by atoms with Gasteiger partial charge >= 0.3 is 6.03 Å². The van der Waals surface area contributed by atoms with Gasteiger partial charge in [-0.05, 0) is 49.9 Å². The fraction of sp³-hybridized carbons (Fsp3) is 0.842. The Morgan fingerprint density at radius 1 is 1.16 bits per heavy atom. The van der Waals surface area contributed by atoms with Crippen LogP contribution in [0, 0.1) is 17.8 Å². The first-order valence-electron chi connectivity index (χ1n) is 9.76. The number of hydrogen-bond acceptors (Lipinski definition) is 3. The lowest BCUT2D eigenvalue weighted by Crippen LogP contribution is -2.51. The lowest BCUT2D eigenvalue weighted by atomic mass is 9.77. The largest absolute Gasteiger partial charge is 0.352 e. The summed E-state index contributed by atoms with van der Waals surface area (Å²) in [5, 5.41) is 5.92. The highest BCUT2D eigenvalue weighted by atomic mass is 16.2. The standard InChI is InChI=1S/C19H31N3O3/c1-12-7-9-19(10-8-12)17(24)22(18(25)21-19)11-16(23)20-15-6-4-5-13(2)14(15)3/h12-15H,4-11H2,1-3H3,(H,20,23)(H,21,25)/t12?,13-,14+,15-,19?/m1/s1. The number of nitrogens with one attached hydrogen (secondary N) is 2. The van der Waals surface area contributed by atoms with Crippen LogP contribution >= 0.6 is 0 Å². The molecule has 1 saturated heterocycles. The molecule has 6 nitrogen and oxygen atoms in total. The van der Waals surface area contributed by atoms with Crippen LogP contribution in [0.25, 0.3) is 0 Å². The van der Waals surface area contributed by atoms with Gasteiger partial charge in [-0.2, -0.15) is 0 Å². The van der Waals surface area contributed by atoms with E-state index in [0.717, 1.165) is 30.6 Å². The molecule has 3 atom stereocenters. The summed E-state index contributed by atoms with van der Waals surface area (Å²) in [5.41, 5.74) is -0.767. The van der Waals surface area contributed by atoms with Crippen LogP contribution in [0.4, 0.5) is 4.79 Å². The zero-order chi connectivity index (χ0) is 18.2. The summed E-state index contributed by atoms with van der Waals surface area (Å²) >= 11 is 0. The third kappa shape index (κ3) is 3.53. The Kier molecular flexibility index (Phi) is 5.07. The van der Waals surface area contributed by atoms with E-state index in [9.17, 15) is 14.4 Å². The number of rotatable bonds is 3. The maximum Gasteiger partial charge on any atom is 0.325 e. The second kappa shape index (κ2) is 6.96. The van der Waals surface area contributed by atoms with E-state index < -0.39 is 11.6 Å².